The minimum Gasteiger partial charge on any atom is -0.352 e. The molecule has 1 aliphatic carbocycles. The van der Waals surface area contributed by atoms with Crippen LogP contribution in [0.25, 0.3) is 0 Å². The molecule has 7 heteroatoms. The van der Waals surface area contributed by atoms with E-state index in [1.54, 1.807) is 12.4 Å². The van der Waals surface area contributed by atoms with Gasteiger partial charge in [0.25, 0.3) is 5.91 Å². The Morgan fingerprint density at radius 1 is 1.04 bits per heavy atom. The summed E-state index contributed by atoms with van der Waals surface area (Å²) in [5, 5.41) is 8.67. The van der Waals surface area contributed by atoms with Gasteiger partial charge < -0.3 is 9.80 Å². The zero-order chi connectivity index (χ0) is 15.6. The highest BCUT2D eigenvalue weighted by atomic mass is 16.2. The second kappa shape index (κ2) is 5.91. The quantitative estimate of drug-likeness (QED) is 0.845. The van der Waals surface area contributed by atoms with Gasteiger partial charge in [-0.1, -0.05) is 0 Å². The summed E-state index contributed by atoms with van der Waals surface area (Å²) in [5.41, 5.74) is 1.50. The zero-order valence-electron chi connectivity index (χ0n) is 12.8. The van der Waals surface area contributed by atoms with Gasteiger partial charge in [-0.25, -0.2) is 4.98 Å². The number of carbonyl (C=O) groups excluding carboxylic acids is 1. The summed E-state index contributed by atoms with van der Waals surface area (Å²) in [6.07, 6.45) is 7.09. The lowest BCUT2D eigenvalue weighted by Crippen LogP contribution is -2.49. The summed E-state index contributed by atoms with van der Waals surface area (Å²) in [5.74, 6) is 1.45. The van der Waals surface area contributed by atoms with Crippen molar-refractivity contribution >= 4 is 11.7 Å². The van der Waals surface area contributed by atoms with Crippen molar-refractivity contribution in [2.45, 2.75) is 18.8 Å². The molecule has 0 radical (unpaired) electrons. The monoisotopic (exact) mass is 310 g/mol. The number of carbonyl (C=O) groups is 1. The van der Waals surface area contributed by atoms with Gasteiger partial charge in [0.15, 0.2) is 5.82 Å². The van der Waals surface area contributed by atoms with E-state index in [2.05, 4.69) is 31.1 Å². The zero-order valence-corrected chi connectivity index (χ0v) is 12.8. The van der Waals surface area contributed by atoms with Crippen LogP contribution in [-0.4, -0.2) is 57.2 Å². The number of hydrogen-bond acceptors (Lipinski definition) is 6. The molecule has 2 aromatic rings. The number of rotatable bonds is 3. The summed E-state index contributed by atoms with van der Waals surface area (Å²) in [6.45, 7) is 2.82. The molecule has 1 amide bonds. The summed E-state index contributed by atoms with van der Waals surface area (Å²) >= 11 is 0. The Bertz CT molecular complexity index is 677. The Labute approximate surface area is 134 Å². The number of aromatic nitrogens is 4. The molecular weight excluding hydrogens is 292 g/mol. The summed E-state index contributed by atoms with van der Waals surface area (Å²) in [4.78, 5) is 24.4. The molecule has 1 saturated heterocycles. The average molecular weight is 310 g/mol. The van der Waals surface area contributed by atoms with Crippen LogP contribution in [0.1, 0.15) is 34.9 Å². The van der Waals surface area contributed by atoms with Crippen LogP contribution in [0.5, 0.6) is 0 Å². The average Bonchev–Trinajstić information content (AvgIpc) is 3.47. The molecule has 1 aliphatic heterocycles. The summed E-state index contributed by atoms with van der Waals surface area (Å²) in [6, 6.07) is 4.12. The minimum absolute atomic E-state index is 0.0621. The molecule has 23 heavy (non-hydrogen) atoms. The van der Waals surface area contributed by atoms with Crippen LogP contribution in [0.2, 0.25) is 0 Å². The Kier molecular flexibility index (Phi) is 3.61. The van der Waals surface area contributed by atoms with Gasteiger partial charge in [0.1, 0.15) is 5.69 Å². The lowest BCUT2D eigenvalue weighted by molar-refractivity contribution is 0.0740. The van der Waals surface area contributed by atoms with Crippen molar-refractivity contribution in [1.29, 1.82) is 0 Å². The molecule has 0 atom stereocenters. The van der Waals surface area contributed by atoms with Gasteiger partial charge in [-0.05, 0) is 25.0 Å². The molecule has 2 aromatic heterocycles. The first-order chi connectivity index (χ1) is 11.3. The Morgan fingerprint density at radius 2 is 1.87 bits per heavy atom. The molecular formula is C16H18N6O. The van der Waals surface area contributed by atoms with E-state index in [1.807, 2.05) is 11.0 Å². The third-order valence-corrected chi connectivity index (χ3v) is 4.34. The number of amides is 1. The molecule has 0 N–H and O–H groups in total. The van der Waals surface area contributed by atoms with E-state index < -0.39 is 0 Å². The van der Waals surface area contributed by atoms with Crippen molar-refractivity contribution in [3.05, 3.63) is 42.1 Å². The van der Waals surface area contributed by atoms with Crippen molar-refractivity contribution in [3.8, 4) is 0 Å². The smallest absolute Gasteiger partial charge is 0.274 e. The second-order valence-corrected chi connectivity index (χ2v) is 5.96. The van der Waals surface area contributed by atoms with E-state index >= 15 is 0 Å². The van der Waals surface area contributed by atoms with Crippen molar-refractivity contribution in [2.24, 2.45) is 0 Å². The van der Waals surface area contributed by atoms with Crippen LogP contribution in [0.3, 0.4) is 0 Å². The van der Waals surface area contributed by atoms with Crippen LogP contribution < -0.4 is 4.90 Å². The van der Waals surface area contributed by atoms with Gasteiger partial charge in [-0.3, -0.25) is 9.78 Å². The summed E-state index contributed by atoms with van der Waals surface area (Å²) < 4.78 is 0. The standard InChI is InChI=1S/C16H18N6O/c23-16(14-11-17-5-6-18-14)22-9-7-21(8-10-22)15-4-3-13(19-20-15)12-1-2-12/h3-6,11-12H,1-2,7-10H2. The topological polar surface area (TPSA) is 75.1 Å². The lowest BCUT2D eigenvalue weighted by atomic mass is 10.2. The van der Waals surface area contributed by atoms with Gasteiger partial charge in [0.05, 0.1) is 11.9 Å². The lowest BCUT2D eigenvalue weighted by Gasteiger charge is -2.34. The fourth-order valence-electron chi connectivity index (χ4n) is 2.81. The number of hydrogen-bond donors (Lipinski definition) is 0. The second-order valence-electron chi connectivity index (χ2n) is 5.96. The largest absolute Gasteiger partial charge is 0.352 e. The molecule has 0 bridgehead atoms. The molecule has 118 valence electrons. The highest BCUT2D eigenvalue weighted by Crippen LogP contribution is 2.38. The Hall–Kier alpha value is -2.57. The highest BCUT2D eigenvalue weighted by molar-refractivity contribution is 5.92. The predicted molar refractivity (Wildman–Crippen MR) is 84.2 cm³/mol. The maximum atomic E-state index is 12.3. The molecule has 4 rings (SSSR count). The molecule has 2 aliphatic rings. The van der Waals surface area contributed by atoms with Crippen LogP contribution in [0.4, 0.5) is 5.82 Å². The van der Waals surface area contributed by atoms with E-state index in [4.69, 9.17) is 0 Å². The molecule has 3 heterocycles. The number of piperazine rings is 1. The molecule has 0 unspecified atom stereocenters. The molecule has 0 aromatic carbocycles. The van der Waals surface area contributed by atoms with Crippen LogP contribution in [0, 0.1) is 0 Å². The minimum atomic E-state index is -0.0621. The number of nitrogens with zero attached hydrogens (tertiary/aromatic N) is 6. The first-order valence-electron chi connectivity index (χ1n) is 7.95. The summed E-state index contributed by atoms with van der Waals surface area (Å²) in [7, 11) is 0. The molecule has 0 spiro atoms. The van der Waals surface area contributed by atoms with Gasteiger partial charge in [0.2, 0.25) is 0 Å². The van der Waals surface area contributed by atoms with E-state index in [0.717, 1.165) is 24.6 Å². The van der Waals surface area contributed by atoms with E-state index in [9.17, 15) is 4.79 Å². The maximum Gasteiger partial charge on any atom is 0.274 e. The third kappa shape index (κ3) is 2.99. The highest BCUT2D eigenvalue weighted by Gasteiger charge is 2.27. The van der Waals surface area contributed by atoms with Crippen LogP contribution >= 0.6 is 0 Å². The van der Waals surface area contributed by atoms with E-state index in [0.29, 0.717) is 24.7 Å². The van der Waals surface area contributed by atoms with Crippen molar-refractivity contribution < 1.29 is 4.79 Å². The fraction of sp³-hybridized carbons (Fsp3) is 0.438. The number of anilines is 1. The van der Waals surface area contributed by atoms with Gasteiger partial charge in [-0.15, -0.1) is 5.10 Å². The van der Waals surface area contributed by atoms with Gasteiger partial charge in [0, 0.05) is 44.5 Å². The van der Waals surface area contributed by atoms with Crippen molar-refractivity contribution in [2.75, 3.05) is 31.1 Å². The first kappa shape index (κ1) is 14.0. The van der Waals surface area contributed by atoms with Crippen LogP contribution in [-0.2, 0) is 0 Å². The van der Waals surface area contributed by atoms with Crippen LogP contribution in [0.15, 0.2) is 30.7 Å². The molecule has 7 nitrogen and oxygen atoms in total. The van der Waals surface area contributed by atoms with Crippen molar-refractivity contribution in [3.63, 3.8) is 0 Å². The maximum absolute atomic E-state index is 12.3. The van der Waals surface area contributed by atoms with E-state index in [-0.39, 0.29) is 5.91 Å². The normalized spacial score (nSPS) is 18.1. The van der Waals surface area contributed by atoms with Crippen molar-refractivity contribution in [1.82, 2.24) is 25.1 Å². The molecule has 1 saturated carbocycles. The van der Waals surface area contributed by atoms with Gasteiger partial charge in [-0.2, -0.15) is 5.10 Å². The van der Waals surface area contributed by atoms with Gasteiger partial charge >= 0.3 is 0 Å². The molecule has 2 fully saturated rings. The van der Waals surface area contributed by atoms with E-state index in [1.165, 1.54) is 19.0 Å². The fourth-order valence-corrected chi connectivity index (χ4v) is 2.81. The Balaban J connectivity index is 1.37. The third-order valence-electron chi connectivity index (χ3n) is 4.34. The SMILES string of the molecule is O=C(c1cnccn1)N1CCN(c2ccc(C3CC3)nn2)CC1. The first-order valence-corrected chi connectivity index (χ1v) is 7.95. The predicted octanol–water partition coefficient (Wildman–Crippen LogP) is 1.11. The Morgan fingerprint density at radius 3 is 2.48 bits per heavy atom.